The van der Waals surface area contributed by atoms with Gasteiger partial charge in [0.05, 0.1) is 0 Å². The number of carbonyl (C=O) groups is 2. The molecule has 0 unspecified atom stereocenters. The summed E-state index contributed by atoms with van der Waals surface area (Å²) in [6.07, 6.45) is 0.250. The molecule has 0 aromatic heterocycles. The van der Waals surface area contributed by atoms with Gasteiger partial charge in [0, 0.05) is 31.3 Å². The summed E-state index contributed by atoms with van der Waals surface area (Å²) in [5, 5.41) is 2.88. The maximum absolute atomic E-state index is 12.2. The van der Waals surface area contributed by atoms with E-state index in [1.807, 2.05) is 55.5 Å². The summed E-state index contributed by atoms with van der Waals surface area (Å²) >= 11 is 0. The van der Waals surface area contributed by atoms with Crippen LogP contribution in [0.5, 0.6) is 0 Å². The Kier molecular flexibility index (Phi) is 6.34. The lowest BCUT2D eigenvalue weighted by molar-refractivity contribution is -0.117. The van der Waals surface area contributed by atoms with Crippen molar-refractivity contribution in [3.8, 4) is 0 Å². The van der Waals surface area contributed by atoms with Crippen molar-refractivity contribution >= 4 is 23.2 Å². The molecular weight excluding hydrogens is 312 g/mol. The van der Waals surface area contributed by atoms with Gasteiger partial charge in [-0.25, -0.2) is 0 Å². The lowest BCUT2D eigenvalue weighted by Crippen LogP contribution is -2.32. The summed E-state index contributed by atoms with van der Waals surface area (Å²) in [4.78, 5) is 26.0. The first-order valence-electron chi connectivity index (χ1n) is 8.62. The summed E-state index contributed by atoms with van der Waals surface area (Å²) in [6.45, 7) is 8.09. The molecule has 0 saturated heterocycles. The molecule has 0 aliphatic heterocycles. The number of para-hydroxylation sites is 1. The number of nitrogens with zero attached hydrogens (tertiary/aromatic N) is 1. The van der Waals surface area contributed by atoms with E-state index in [9.17, 15) is 9.59 Å². The number of nitrogens with one attached hydrogen (secondary N) is 1. The number of rotatable bonds is 6. The Labute approximate surface area is 149 Å². The van der Waals surface area contributed by atoms with E-state index in [1.165, 1.54) is 6.92 Å². The third kappa shape index (κ3) is 5.18. The standard InChI is InChI=1S/C21H26N2O2/c1-15(2)19-7-5-6-8-20(19)23(17(4)24)14-13-21(25)22-18-11-9-16(3)10-12-18/h5-12,15H,13-14H2,1-4H3,(H,22,25). The van der Waals surface area contributed by atoms with Gasteiger partial charge < -0.3 is 10.2 Å². The molecule has 2 aromatic rings. The van der Waals surface area contributed by atoms with Gasteiger partial charge >= 0.3 is 0 Å². The van der Waals surface area contributed by atoms with E-state index in [2.05, 4.69) is 19.2 Å². The van der Waals surface area contributed by atoms with Gasteiger partial charge in [0.25, 0.3) is 0 Å². The topological polar surface area (TPSA) is 49.4 Å². The number of aryl methyl sites for hydroxylation is 1. The predicted molar refractivity (Wildman–Crippen MR) is 103 cm³/mol. The number of amides is 2. The summed E-state index contributed by atoms with van der Waals surface area (Å²) in [5.74, 6) is 0.146. The SMILES string of the molecule is CC(=O)N(CCC(=O)Nc1ccc(C)cc1)c1ccccc1C(C)C. The number of carbonyl (C=O) groups excluding carboxylic acids is 2. The summed E-state index contributed by atoms with van der Waals surface area (Å²) < 4.78 is 0. The monoisotopic (exact) mass is 338 g/mol. The van der Waals surface area contributed by atoms with Crippen LogP contribution in [-0.2, 0) is 9.59 Å². The number of hydrogen-bond acceptors (Lipinski definition) is 2. The van der Waals surface area contributed by atoms with Crippen LogP contribution in [-0.4, -0.2) is 18.4 Å². The van der Waals surface area contributed by atoms with Crippen LogP contribution < -0.4 is 10.2 Å². The second-order valence-corrected chi connectivity index (χ2v) is 6.55. The van der Waals surface area contributed by atoms with Crippen LogP contribution >= 0.6 is 0 Å². The van der Waals surface area contributed by atoms with Gasteiger partial charge in [-0.05, 0) is 36.6 Å². The van der Waals surface area contributed by atoms with Crippen LogP contribution in [0, 0.1) is 6.92 Å². The molecule has 0 radical (unpaired) electrons. The fraction of sp³-hybridized carbons (Fsp3) is 0.333. The molecule has 132 valence electrons. The van der Waals surface area contributed by atoms with Gasteiger partial charge in [0.2, 0.25) is 11.8 Å². The second kappa shape index (κ2) is 8.47. The molecule has 2 rings (SSSR count). The summed E-state index contributed by atoms with van der Waals surface area (Å²) in [5.41, 5.74) is 3.91. The first kappa shape index (κ1) is 18.7. The number of anilines is 2. The lowest BCUT2D eigenvalue weighted by atomic mass is 10.0. The molecule has 0 saturated carbocycles. The minimum Gasteiger partial charge on any atom is -0.326 e. The molecule has 4 nitrogen and oxygen atoms in total. The Morgan fingerprint density at radius 2 is 1.68 bits per heavy atom. The minimum absolute atomic E-state index is 0.0590. The normalized spacial score (nSPS) is 10.6. The highest BCUT2D eigenvalue weighted by Crippen LogP contribution is 2.27. The molecule has 2 amide bonds. The van der Waals surface area contributed by atoms with Crippen LogP contribution in [0.3, 0.4) is 0 Å². The van der Waals surface area contributed by atoms with Gasteiger partial charge in [-0.3, -0.25) is 9.59 Å². The molecule has 4 heteroatoms. The Morgan fingerprint density at radius 3 is 2.28 bits per heavy atom. The highest BCUT2D eigenvalue weighted by Gasteiger charge is 2.17. The van der Waals surface area contributed by atoms with Crippen molar-refractivity contribution in [3.63, 3.8) is 0 Å². The molecule has 2 aromatic carbocycles. The molecule has 0 spiro atoms. The minimum atomic E-state index is -0.0999. The fourth-order valence-electron chi connectivity index (χ4n) is 2.74. The average Bonchev–Trinajstić information content (AvgIpc) is 2.57. The van der Waals surface area contributed by atoms with Crippen molar-refractivity contribution in [2.45, 2.75) is 40.0 Å². The Morgan fingerprint density at radius 1 is 1.04 bits per heavy atom. The Balaban J connectivity index is 2.06. The van der Waals surface area contributed by atoms with Crippen LogP contribution in [0.4, 0.5) is 11.4 Å². The van der Waals surface area contributed by atoms with E-state index in [0.29, 0.717) is 12.5 Å². The molecule has 0 heterocycles. The van der Waals surface area contributed by atoms with Crippen molar-refractivity contribution in [2.75, 3.05) is 16.8 Å². The summed E-state index contributed by atoms with van der Waals surface area (Å²) in [7, 11) is 0. The third-order valence-corrected chi connectivity index (χ3v) is 4.13. The number of hydrogen-bond donors (Lipinski definition) is 1. The smallest absolute Gasteiger partial charge is 0.226 e. The van der Waals surface area contributed by atoms with Crippen molar-refractivity contribution in [1.82, 2.24) is 0 Å². The van der Waals surface area contributed by atoms with E-state index in [0.717, 1.165) is 22.5 Å². The van der Waals surface area contributed by atoms with Crippen molar-refractivity contribution < 1.29 is 9.59 Å². The fourth-order valence-corrected chi connectivity index (χ4v) is 2.74. The van der Waals surface area contributed by atoms with E-state index in [4.69, 9.17) is 0 Å². The zero-order chi connectivity index (χ0) is 18.4. The van der Waals surface area contributed by atoms with E-state index in [-0.39, 0.29) is 18.2 Å². The van der Waals surface area contributed by atoms with Crippen molar-refractivity contribution in [3.05, 3.63) is 59.7 Å². The zero-order valence-corrected chi connectivity index (χ0v) is 15.4. The summed E-state index contributed by atoms with van der Waals surface area (Å²) in [6, 6.07) is 15.5. The third-order valence-electron chi connectivity index (χ3n) is 4.13. The Bertz CT molecular complexity index is 736. The second-order valence-electron chi connectivity index (χ2n) is 6.55. The maximum Gasteiger partial charge on any atom is 0.226 e. The predicted octanol–water partition coefficient (Wildman–Crippen LogP) is 4.50. The molecule has 0 aliphatic rings. The molecular formula is C21H26N2O2. The number of benzene rings is 2. The molecule has 25 heavy (non-hydrogen) atoms. The van der Waals surface area contributed by atoms with Crippen LogP contribution in [0.25, 0.3) is 0 Å². The van der Waals surface area contributed by atoms with Gasteiger partial charge in [-0.2, -0.15) is 0 Å². The average molecular weight is 338 g/mol. The highest BCUT2D eigenvalue weighted by atomic mass is 16.2. The van der Waals surface area contributed by atoms with Crippen LogP contribution in [0.2, 0.25) is 0 Å². The maximum atomic E-state index is 12.2. The van der Waals surface area contributed by atoms with Gasteiger partial charge in [-0.1, -0.05) is 49.7 Å². The van der Waals surface area contributed by atoms with Crippen LogP contribution in [0.1, 0.15) is 44.2 Å². The van der Waals surface area contributed by atoms with Crippen LogP contribution in [0.15, 0.2) is 48.5 Å². The largest absolute Gasteiger partial charge is 0.326 e. The van der Waals surface area contributed by atoms with Crippen molar-refractivity contribution in [2.24, 2.45) is 0 Å². The lowest BCUT2D eigenvalue weighted by Gasteiger charge is -2.25. The molecule has 0 aliphatic carbocycles. The van der Waals surface area contributed by atoms with Gasteiger partial charge in [-0.15, -0.1) is 0 Å². The molecule has 0 bridgehead atoms. The van der Waals surface area contributed by atoms with Crippen molar-refractivity contribution in [1.29, 1.82) is 0 Å². The quantitative estimate of drug-likeness (QED) is 0.843. The van der Waals surface area contributed by atoms with E-state index >= 15 is 0 Å². The van der Waals surface area contributed by atoms with E-state index < -0.39 is 0 Å². The van der Waals surface area contributed by atoms with E-state index in [1.54, 1.807) is 4.90 Å². The van der Waals surface area contributed by atoms with Gasteiger partial charge in [0.1, 0.15) is 0 Å². The van der Waals surface area contributed by atoms with Gasteiger partial charge in [0.15, 0.2) is 0 Å². The first-order valence-corrected chi connectivity index (χ1v) is 8.62. The molecule has 0 fully saturated rings. The molecule has 0 atom stereocenters. The highest BCUT2D eigenvalue weighted by molar-refractivity contribution is 5.95. The first-order chi connectivity index (χ1) is 11.9. The molecule has 1 N–H and O–H groups in total. The zero-order valence-electron chi connectivity index (χ0n) is 15.4. The Hall–Kier alpha value is -2.62.